The first-order valence-corrected chi connectivity index (χ1v) is 7.90. The van der Waals surface area contributed by atoms with Gasteiger partial charge in [0, 0.05) is 23.6 Å². The van der Waals surface area contributed by atoms with Crippen molar-refractivity contribution < 1.29 is 0 Å². The summed E-state index contributed by atoms with van der Waals surface area (Å²) in [6.07, 6.45) is 0. The molecule has 0 bridgehead atoms. The lowest BCUT2D eigenvalue weighted by Gasteiger charge is -2.26. The number of hydrogen-bond acceptors (Lipinski definition) is 2. The van der Waals surface area contributed by atoms with E-state index in [-0.39, 0.29) is 0 Å². The summed E-state index contributed by atoms with van der Waals surface area (Å²) in [6.45, 7) is 4.78. The molecule has 0 amide bonds. The Bertz CT molecular complexity index is 711. The summed E-state index contributed by atoms with van der Waals surface area (Å²) in [5, 5.41) is 0. The summed E-state index contributed by atoms with van der Waals surface area (Å²) in [5.74, 6) is 0. The maximum absolute atomic E-state index is 5.72. The number of nitrogens with zero attached hydrogens (tertiary/aromatic N) is 1. The second kappa shape index (κ2) is 6.67. The largest absolute Gasteiger partial charge is 0.326 e. The van der Waals surface area contributed by atoms with E-state index in [0.717, 1.165) is 22.6 Å². The van der Waals surface area contributed by atoms with Crippen LogP contribution in [-0.4, -0.2) is 0 Å². The van der Waals surface area contributed by atoms with E-state index in [2.05, 4.69) is 91.5 Å². The van der Waals surface area contributed by atoms with Crippen LogP contribution in [0.4, 0.5) is 17.1 Å². The maximum Gasteiger partial charge on any atom is 0.0461 e. The van der Waals surface area contributed by atoms with Crippen molar-refractivity contribution >= 4 is 17.1 Å². The first-order chi connectivity index (χ1) is 11.2. The molecule has 2 nitrogen and oxygen atoms in total. The molecule has 0 heterocycles. The van der Waals surface area contributed by atoms with Crippen molar-refractivity contribution in [2.45, 2.75) is 20.4 Å². The Hall–Kier alpha value is -2.58. The van der Waals surface area contributed by atoms with Gasteiger partial charge in [0.15, 0.2) is 0 Å². The SMILES string of the molecule is Cc1ccc(N(c2ccc(C)cc2)c2ccc(CN)cc2)cc1. The van der Waals surface area contributed by atoms with Crippen molar-refractivity contribution in [3.8, 4) is 0 Å². The van der Waals surface area contributed by atoms with E-state index < -0.39 is 0 Å². The number of nitrogens with two attached hydrogens (primary N) is 1. The Morgan fingerprint density at radius 2 is 0.957 bits per heavy atom. The number of rotatable bonds is 4. The summed E-state index contributed by atoms with van der Waals surface area (Å²) in [5.41, 5.74) is 12.8. The molecular formula is C21H22N2. The third kappa shape index (κ3) is 3.43. The molecule has 0 aliphatic rings. The lowest BCUT2D eigenvalue weighted by atomic mass is 10.1. The third-order valence-corrected chi connectivity index (χ3v) is 4.01. The highest BCUT2D eigenvalue weighted by Gasteiger charge is 2.11. The molecule has 2 N–H and O–H groups in total. The fourth-order valence-corrected chi connectivity index (χ4v) is 2.62. The smallest absolute Gasteiger partial charge is 0.0461 e. The zero-order chi connectivity index (χ0) is 16.2. The zero-order valence-corrected chi connectivity index (χ0v) is 13.7. The van der Waals surface area contributed by atoms with Crippen molar-refractivity contribution in [3.63, 3.8) is 0 Å². The van der Waals surface area contributed by atoms with Crippen molar-refractivity contribution in [2.75, 3.05) is 4.90 Å². The molecule has 0 radical (unpaired) electrons. The fourth-order valence-electron chi connectivity index (χ4n) is 2.62. The molecule has 23 heavy (non-hydrogen) atoms. The van der Waals surface area contributed by atoms with Gasteiger partial charge < -0.3 is 10.6 Å². The highest BCUT2D eigenvalue weighted by molar-refractivity contribution is 5.76. The summed E-state index contributed by atoms with van der Waals surface area (Å²) in [4.78, 5) is 2.26. The molecule has 0 fully saturated rings. The molecule has 0 atom stereocenters. The third-order valence-electron chi connectivity index (χ3n) is 4.01. The minimum atomic E-state index is 0.565. The molecule has 0 unspecified atom stereocenters. The number of aryl methyl sites for hydroxylation is 2. The monoisotopic (exact) mass is 302 g/mol. The first kappa shape index (κ1) is 15.3. The molecule has 0 saturated carbocycles. The Labute approximate surface area is 138 Å². The molecule has 3 aromatic carbocycles. The minimum absolute atomic E-state index is 0.565. The quantitative estimate of drug-likeness (QED) is 0.715. The van der Waals surface area contributed by atoms with Crippen LogP contribution in [0.25, 0.3) is 0 Å². The van der Waals surface area contributed by atoms with E-state index in [9.17, 15) is 0 Å². The summed E-state index contributed by atoms with van der Waals surface area (Å²) in [7, 11) is 0. The number of anilines is 3. The minimum Gasteiger partial charge on any atom is -0.326 e. The molecule has 3 rings (SSSR count). The highest BCUT2D eigenvalue weighted by atomic mass is 15.1. The van der Waals surface area contributed by atoms with Crippen molar-refractivity contribution in [1.29, 1.82) is 0 Å². The van der Waals surface area contributed by atoms with Gasteiger partial charge in [-0.25, -0.2) is 0 Å². The lowest BCUT2D eigenvalue weighted by Crippen LogP contribution is -2.10. The van der Waals surface area contributed by atoms with Gasteiger partial charge in [-0.2, -0.15) is 0 Å². The highest BCUT2D eigenvalue weighted by Crippen LogP contribution is 2.34. The molecule has 0 aliphatic heterocycles. The van der Waals surface area contributed by atoms with E-state index in [1.165, 1.54) is 11.1 Å². The predicted octanol–water partition coefficient (Wildman–Crippen LogP) is 5.23. The van der Waals surface area contributed by atoms with Gasteiger partial charge in [-0.05, 0) is 55.8 Å². The van der Waals surface area contributed by atoms with Crippen molar-refractivity contribution in [2.24, 2.45) is 5.73 Å². The predicted molar refractivity (Wildman–Crippen MR) is 98.5 cm³/mol. The summed E-state index contributed by atoms with van der Waals surface area (Å²) >= 11 is 0. The standard InChI is InChI=1S/C21H22N2/c1-16-3-9-19(10-4-16)23(20-11-5-17(2)6-12-20)21-13-7-18(15-22)8-14-21/h3-14H,15,22H2,1-2H3. The Morgan fingerprint density at radius 1 is 0.609 bits per heavy atom. The molecular weight excluding hydrogens is 280 g/mol. The van der Waals surface area contributed by atoms with Gasteiger partial charge in [0.05, 0.1) is 0 Å². The van der Waals surface area contributed by atoms with Crippen LogP contribution in [-0.2, 0) is 6.54 Å². The molecule has 0 spiro atoms. The van der Waals surface area contributed by atoms with Gasteiger partial charge in [0.25, 0.3) is 0 Å². The van der Waals surface area contributed by atoms with Gasteiger partial charge in [0.2, 0.25) is 0 Å². The Kier molecular flexibility index (Phi) is 4.45. The first-order valence-electron chi connectivity index (χ1n) is 7.90. The topological polar surface area (TPSA) is 29.3 Å². The van der Waals surface area contributed by atoms with Gasteiger partial charge in [-0.3, -0.25) is 0 Å². The van der Waals surface area contributed by atoms with Gasteiger partial charge in [-0.15, -0.1) is 0 Å². The zero-order valence-electron chi connectivity index (χ0n) is 13.7. The van der Waals surface area contributed by atoms with Gasteiger partial charge >= 0.3 is 0 Å². The van der Waals surface area contributed by atoms with E-state index in [1.807, 2.05) is 0 Å². The number of benzene rings is 3. The molecule has 0 aromatic heterocycles. The second-order valence-electron chi connectivity index (χ2n) is 5.88. The summed E-state index contributed by atoms with van der Waals surface area (Å²) in [6, 6.07) is 25.6. The van der Waals surface area contributed by atoms with Crippen LogP contribution in [0.15, 0.2) is 72.8 Å². The molecule has 0 aliphatic carbocycles. The number of hydrogen-bond donors (Lipinski definition) is 1. The van der Waals surface area contributed by atoms with Gasteiger partial charge in [0.1, 0.15) is 0 Å². The fraction of sp³-hybridized carbons (Fsp3) is 0.143. The normalized spacial score (nSPS) is 10.6. The second-order valence-corrected chi connectivity index (χ2v) is 5.88. The van der Waals surface area contributed by atoms with Crippen LogP contribution in [0.3, 0.4) is 0 Å². The lowest BCUT2D eigenvalue weighted by molar-refractivity contribution is 1.07. The van der Waals surface area contributed by atoms with Crippen LogP contribution in [0.5, 0.6) is 0 Å². The molecule has 116 valence electrons. The van der Waals surface area contributed by atoms with Crippen LogP contribution >= 0.6 is 0 Å². The van der Waals surface area contributed by atoms with Crippen LogP contribution in [0.2, 0.25) is 0 Å². The van der Waals surface area contributed by atoms with E-state index in [4.69, 9.17) is 5.73 Å². The van der Waals surface area contributed by atoms with Crippen LogP contribution < -0.4 is 10.6 Å². The van der Waals surface area contributed by atoms with Crippen molar-refractivity contribution in [1.82, 2.24) is 0 Å². The Morgan fingerprint density at radius 3 is 1.30 bits per heavy atom. The summed E-state index contributed by atoms with van der Waals surface area (Å²) < 4.78 is 0. The average Bonchev–Trinajstić information content (AvgIpc) is 2.59. The van der Waals surface area contributed by atoms with E-state index in [1.54, 1.807) is 0 Å². The van der Waals surface area contributed by atoms with Gasteiger partial charge in [-0.1, -0.05) is 47.5 Å². The maximum atomic E-state index is 5.72. The van der Waals surface area contributed by atoms with Crippen LogP contribution in [0.1, 0.15) is 16.7 Å². The molecule has 2 heteroatoms. The van der Waals surface area contributed by atoms with Crippen LogP contribution in [0, 0.1) is 13.8 Å². The molecule has 3 aromatic rings. The van der Waals surface area contributed by atoms with E-state index >= 15 is 0 Å². The van der Waals surface area contributed by atoms with Crippen molar-refractivity contribution in [3.05, 3.63) is 89.5 Å². The Balaban J connectivity index is 2.08. The van der Waals surface area contributed by atoms with E-state index in [0.29, 0.717) is 6.54 Å². The molecule has 0 saturated heterocycles. The average molecular weight is 302 g/mol.